The Morgan fingerprint density at radius 3 is 2.82 bits per heavy atom. The van der Waals surface area contributed by atoms with Crippen molar-refractivity contribution in [3.8, 4) is 11.4 Å². The normalized spacial score (nSPS) is 11.0. The van der Waals surface area contributed by atoms with E-state index in [0.717, 1.165) is 0 Å². The summed E-state index contributed by atoms with van der Waals surface area (Å²) in [6.45, 7) is 3.79. The second-order valence-corrected chi connectivity index (χ2v) is 6.60. The van der Waals surface area contributed by atoms with E-state index in [-0.39, 0.29) is 17.7 Å². The first-order chi connectivity index (χ1) is 10.4. The molecule has 2 aromatic rings. The molecule has 22 heavy (non-hydrogen) atoms. The van der Waals surface area contributed by atoms with Crippen LogP contribution in [-0.4, -0.2) is 32.6 Å². The number of nitrogens with two attached hydrogens (primary N) is 1. The van der Waals surface area contributed by atoms with Crippen LogP contribution >= 0.6 is 35.0 Å². The Morgan fingerprint density at radius 1 is 1.41 bits per heavy atom. The number of nitrogens with one attached hydrogen (secondary N) is 1. The van der Waals surface area contributed by atoms with Crippen molar-refractivity contribution in [1.82, 2.24) is 20.2 Å². The van der Waals surface area contributed by atoms with Crippen LogP contribution in [0, 0.1) is 0 Å². The van der Waals surface area contributed by atoms with Gasteiger partial charge in [0.1, 0.15) is 0 Å². The summed E-state index contributed by atoms with van der Waals surface area (Å²) in [5.74, 6) is 6.48. The van der Waals surface area contributed by atoms with Crippen molar-refractivity contribution >= 4 is 40.9 Å². The maximum absolute atomic E-state index is 11.6. The van der Waals surface area contributed by atoms with Gasteiger partial charge in [-0.2, -0.15) is 0 Å². The highest BCUT2D eigenvalue weighted by Crippen LogP contribution is 2.30. The third kappa shape index (κ3) is 4.06. The Labute approximate surface area is 142 Å². The highest BCUT2D eigenvalue weighted by Gasteiger charge is 2.16. The minimum atomic E-state index is -0.0923. The lowest BCUT2D eigenvalue weighted by molar-refractivity contribution is -0.119. The number of hydrogen-bond donors (Lipinski definition) is 2. The van der Waals surface area contributed by atoms with Crippen molar-refractivity contribution in [3.05, 3.63) is 28.2 Å². The van der Waals surface area contributed by atoms with Crippen LogP contribution in [0.1, 0.15) is 13.8 Å². The van der Waals surface area contributed by atoms with Gasteiger partial charge >= 0.3 is 0 Å². The largest absolute Gasteiger partial charge is 0.353 e. The number of hydrogen-bond acceptors (Lipinski definition) is 5. The number of benzene rings is 1. The molecule has 0 radical (unpaired) electrons. The fraction of sp³-hybridized carbons (Fsp3) is 0.308. The van der Waals surface area contributed by atoms with Gasteiger partial charge in [0.15, 0.2) is 5.82 Å². The van der Waals surface area contributed by atoms with Gasteiger partial charge in [-0.05, 0) is 32.0 Å². The summed E-state index contributed by atoms with van der Waals surface area (Å²) in [6.07, 6.45) is 0. The Kier molecular flexibility index (Phi) is 5.55. The fourth-order valence-electron chi connectivity index (χ4n) is 1.72. The van der Waals surface area contributed by atoms with E-state index in [4.69, 9.17) is 29.0 Å². The maximum atomic E-state index is 11.6. The molecule has 0 bridgehead atoms. The van der Waals surface area contributed by atoms with E-state index in [1.807, 2.05) is 13.8 Å². The molecule has 0 spiro atoms. The fourth-order valence-corrected chi connectivity index (χ4v) is 2.76. The maximum Gasteiger partial charge on any atom is 0.230 e. The summed E-state index contributed by atoms with van der Waals surface area (Å²) < 4.78 is 1.30. The lowest BCUT2D eigenvalue weighted by Crippen LogP contribution is -2.31. The van der Waals surface area contributed by atoms with Gasteiger partial charge in [0, 0.05) is 16.6 Å². The van der Waals surface area contributed by atoms with Crippen LogP contribution in [0.5, 0.6) is 0 Å². The number of carbonyl (C=O) groups is 1. The molecule has 1 aromatic carbocycles. The third-order valence-corrected chi connectivity index (χ3v) is 4.12. The average Bonchev–Trinajstić information content (AvgIpc) is 2.80. The summed E-state index contributed by atoms with van der Waals surface area (Å²) in [4.78, 5) is 11.6. The lowest BCUT2D eigenvalue weighted by atomic mass is 10.2. The number of thioether (sulfide) groups is 1. The van der Waals surface area contributed by atoms with Gasteiger partial charge in [0.2, 0.25) is 11.1 Å². The summed E-state index contributed by atoms with van der Waals surface area (Å²) >= 11 is 13.3. The molecule has 1 amide bonds. The SMILES string of the molecule is CC(C)NC(=O)CSc1nnc(-c2cc(Cl)ccc2Cl)n1N. The molecule has 0 saturated heterocycles. The third-order valence-electron chi connectivity index (χ3n) is 2.62. The monoisotopic (exact) mass is 359 g/mol. The number of nitrogens with zero attached hydrogens (tertiary/aromatic N) is 3. The van der Waals surface area contributed by atoms with Gasteiger partial charge in [0.25, 0.3) is 0 Å². The van der Waals surface area contributed by atoms with Crippen LogP contribution < -0.4 is 11.2 Å². The number of halogens is 2. The molecule has 6 nitrogen and oxygen atoms in total. The number of amides is 1. The van der Waals surface area contributed by atoms with E-state index in [1.165, 1.54) is 16.4 Å². The highest BCUT2D eigenvalue weighted by molar-refractivity contribution is 7.99. The molecule has 118 valence electrons. The molecule has 3 N–H and O–H groups in total. The summed E-state index contributed by atoms with van der Waals surface area (Å²) in [5.41, 5.74) is 0.586. The number of carbonyl (C=O) groups excluding carboxylic acids is 1. The van der Waals surface area contributed by atoms with Gasteiger partial charge in [-0.15, -0.1) is 10.2 Å². The second-order valence-electron chi connectivity index (χ2n) is 4.81. The number of aromatic nitrogens is 3. The van der Waals surface area contributed by atoms with E-state index in [9.17, 15) is 4.79 Å². The molecule has 0 atom stereocenters. The first-order valence-electron chi connectivity index (χ1n) is 6.46. The van der Waals surface area contributed by atoms with Gasteiger partial charge in [-0.25, -0.2) is 4.68 Å². The first-order valence-corrected chi connectivity index (χ1v) is 8.20. The van der Waals surface area contributed by atoms with Crippen LogP contribution in [0.3, 0.4) is 0 Å². The van der Waals surface area contributed by atoms with Crippen LogP contribution in [-0.2, 0) is 4.79 Å². The van der Waals surface area contributed by atoms with Gasteiger partial charge in [0.05, 0.1) is 10.8 Å². The standard InChI is InChI=1S/C13H15Cl2N5OS/c1-7(2)17-11(21)6-22-13-19-18-12(20(13)16)9-5-8(14)3-4-10(9)15/h3-5,7H,6,16H2,1-2H3,(H,17,21). The summed E-state index contributed by atoms with van der Waals surface area (Å²) in [7, 11) is 0. The molecule has 1 aromatic heterocycles. The minimum Gasteiger partial charge on any atom is -0.353 e. The summed E-state index contributed by atoms with van der Waals surface area (Å²) in [5, 5.41) is 12.2. The van der Waals surface area contributed by atoms with Crippen molar-refractivity contribution in [1.29, 1.82) is 0 Å². The van der Waals surface area contributed by atoms with Gasteiger partial charge in [-0.3, -0.25) is 4.79 Å². The molecule has 2 rings (SSSR count). The second kappa shape index (κ2) is 7.21. The van der Waals surface area contributed by atoms with Crippen molar-refractivity contribution < 1.29 is 4.79 Å². The molecule has 0 fully saturated rings. The van der Waals surface area contributed by atoms with Gasteiger partial charge < -0.3 is 11.2 Å². The molecule has 0 saturated carbocycles. The van der Waals surface area contributed by atoms with Crippen molar-refractivity contribution in [2.45, 2.75) is 25.0 Å². The highest BCUT2D eigenvalue weighted by atomic mass is 35.5. The van der Waals surface area contributed by atoms with E-state index in [1.54, 1.807) is 18.2 Å². The summed E-state index contributed by atoms with van der Waals surface area (Å²) in [6, 6.07) is 5.09. The van der Waals surface area contributed by atoms with E-state index < -0.39 is 0 Å². The Balaban J connectivity index is 2.16. The minimum absolute atomic E-state index is 0.0877. The number of nitrogen functional groups attached to an aromatic ring is 1. The molecule has 0 unspecified atom stereocenters. The van der Waals surface area contributed by atoms with Crippen molar-refractivity contribution in [2.75, 3.05) is 11.6 Å². The van der Waals surface area contributed by atoms with Crippen molar-refractivity contribution in [2.24, 2.45) is 0 Å². The van der Waals surface area contributed by atoms with Crippen molar-refractivity contribution in [3.63, 3.8) is 0 Å². The molecule has 9 heteroatoms. The number of rotatable bonds is 5. The molecular weight excluding hydrogens is 345 g/mol. The molecular formula is C13H15Cl2N5OS. The molecule has 0 aliphatic rings. The smallest absolute Gasteiger partial charge is 0.230 e. The Bertz CT molecular complexity index is 689. The zero-order chi connectivity index (χ0) is 16.3. The van der Waals surface area contributed by atoms with Crippen LogP contribution in [0.15, 0.2) is 23.4 Å². The van der Waals surface area contributed by atoms with Crippen LogP contribution in [0.4, 0.5) is 0 Å². The first kappa shape index (κ1) is 16.9. The molecule has 0 aliphatic carbocycles. The van der Waals surface area contributed by atoms with E-state index in [0.29, 0.717) is 26.6 Å². The van der Waals surface area contributed by atoms with Crippen LogP contribution in [0.25, 0.3) is 11.4 Å². The lowest BCUT2D eigenvalue weighted by Gasteiger charge is -2.08. The molecule has 0 aliphatic heterocycles. The van der Waals surface area contributed by atoms with Gasteiger partial charge in [-0.1, -0.05) is 35.0 Å². The predicted octanol–water partition coefficient (Wildman–Crippen LogP) is 2.58. The molecule has 1 heterocycles. The average molecular weight is 360 g/mol. The Morgan fingerprint density at radius 2 is 2.14 bits per heavy atom. The zero-order valence-corrected chi connectivity index (χ0v) is 14.3. The topological polar surface area (TPSA) is 85.8 Å². The predicted molar refractivity (Wildman–Crippen MR) is 89.6 cm³/mol. The van der Waals surface area contributed by atoms with E-state index >= 15 is 0 Å². The quantitative estimate of drug-likeness (QED) is 0.632. The Hall–Kier alpha value is -1.44. The van der Waals surface area contributed by atoms with Crippen LogP contribution in [0.2, 0.25) is 10.0 Å². The zero-order valence-electron chi connectivity index (χ0n) is 12.0. The van der Waals surface area contributed by atoms with E-state index in [2.05, 4.69) is 15.5 Å².